The van der Waals surface area contributed by atoms with E-state index in [-0.39, 0.29) is 6.54 Å². The van der Waals surface area contributed by atoms with Crippen molar-refractivity contribution in [2.75, 3.05) is 6.54 Å². The van der Waals surface area contributed by atoms with Crippen molar-refractivity contribution in [3.05, 3.63) is 36.0 Å². The minimum absolute atomic E-state index is 0.106. The summed E-state index contributed by atoms with van der Waals surface area (Å²) >= 11 is 0. The van der Waals surface area contributed by atoms with Crippen LogP contribution in [0.3, 0.4) is 0 Å². The Labute approximate surface area is 97.8 Å². The van der Waals surface area contributed by atoms with Gasteiger partial charge in [-0.25, -0.2) is 0 Å². The summed E-state index contributed by atoms with van der Waals surface area (Å²) in [4.78, 5) is 33.3. The lowest BCUT2D eigenvalue weighted by Gasteiger charge is -2.25. The van der Waals surface area contributed by atoms with Gasteiger partial charge in [0.2, 0.25) is 5.91 Å². The van der Waals surface area contributed by atoms with Crippen LogP contribution in [0, 0.1) is 5.92 Å². The number of hydrogen-bond donors (Lipinski definition) is 1. The molecule has 5 nitrogen and oxygen atoms in total. The molecule has 1 heterocycles. The van der Waals surface area contributed by atoms with Crippen LogP contribution in [-0.2, 0) is 19.1 Å². The Bertz CT molecular complexity index is 447. The molecule has 5 heteroatoms. The molecule has 0 saturated heterocycles. The molecular weight excluding hydrogens is 222 g/mol. The largest absolute Gasteiger partial charge is 0.452 e. The van der Waals surface area contributed by atoms with Crippen LogP contribution in [0.5, 0.6) is 0 Å². The fraction of sp³-hybridized carbons (Fsp3) is 0.250. The highest BCUT2D eigenvalue weighted by atomic mass is 16.5. The molecule has 0 fully saturated rings. The zero-order chi connectivity index (χ0) is 12.3. The monoisotopic (exact) mass is 233 g/mol. The zero-order valence-corrected chi connectivity index (χ0v) is 8.96. The third-order valence-electron chi connectivity index (χ3n) is 2.51. The van der Waals surface area contributed by atoms with Crippen molar-refractivity contribution < 1.29 is 19.1 Å². The molecule has 0 radical (unpaired) electrons. The second kappa shape index (κ2) is 4.78. The molecule has 2 aliphatic rings. The maximum absolute atomic E-state index is 11.6. The average molecular weight is 233 g/mol. The molecular formula is C12H11NO4. The number of amides is 1. The molecule has 0 aromatic rings. The number of fused-ring (bicyclic) bond motifs is 1. The van der Waals surface area contributed by atoms with E-state index in [4.69, 9.17) is 4.74 Å². The van der Waals surface area contributed by atoms with Crippen molar-refractivity contribution in [3.63, 3.8) is 0 Å². The molecule has 1 N–H and O–H groups in total. The van der Waals surface area contributed by atoms with Gasteiger partial charge in [0, 0.05) is 0 Å². The van der Waals surface area contributed by atoms with Crippen LogP contribution in [0.1, 0.15) is 0 Å². The summed E-state index contributed by atoms with van der Waals surface area (Å²) in [5, 5.41) is 2.33. The average Bonchev–Trinajstić information content (AvgIpc) is 2.35. The number of allylic oxidation sites excluding steroid dienone is 2. The van der Waals surface area contributed by atoms with Crippen molar-refractivity contribution in [1.82, 2.24) is 5.32 Å². The lowest BCUT2D eigenvalue weighted by molar-refractivity contribution is -0.153. The first-order valence-corrected chi connectivity index (χ1v) is 5.21. The zero-order valence-electron chi connectivity index (χ0n) is 8.96. The van der Waals surface area contributed by atoms with E-state index in [0.29, 0.717) is 6.29 Å². The highest BCUT2D eigenvalue weighted by Crippen LogP contribution is 2.24. The number of hydrogen-bond acceptors (Lipinski definition) is 4. The first kappa shape index (κ1) is 11.3. The fourth-order valence-electron chi connectivity index (χ4n) is 1.69. The fourth-order valence-corrected chi connectivity index (χ4v) is 1.69. The van der Waals surface area contributed by atoms with Gasteiger partial charge in [0.15, 0.2) is 5.92 Å². The lowest BCUT2D eigenvalue weighted by Crippen LogP contribution is -2.40. The van der Waals surface area contributed by atoms with Crippen LogP contribution < -0.4 is 5.32 Å². The van der Waals surface area contributed by atoms with E-state index < -0.39 is 23.9 Å². The normalized spacial score (nSPS) is 25.6. The number of nitrogens with one attached hydrogen (secondary N) is 1. The van der Waals surface area contributed by atoms with Crippen molar-refractivity contribution in [3.8, 4) is 0 Å². The van der Waals surface area contributed by atoms with Crippen molar-refractivity contribution in [1.29, 1.82) is 0 Å². The quantitative estimate of drug-likeness (QED) is 0.419. The first-order chi connectivity index (χ1) is 8.22. The maximum Gasteiger partial charge on any atom is 0.323 e. The molecule has 1 amide bonds. The summed E-state index contributed by atoms with van der Waals surface area (Å²) in [6.07, 6.45) is 8.84. The molecule has 2 rings (SSSR count). The number of carbonyl (C=O) groups excluding carboxylic acids is 3. The summed E-state index contributed by atoms with van der Waals surface area (Å²) in [5.74, 6) is -2.09. The molecule has 0 aromatic heterocycles. The summed E-state index contributed by atoms with van der Waals surface area (Å²) in [5.41, 5.74) is 0.776. The Morgan fingerprint density at radius 1 is 1.47 bits per heavy atom. The Morgan fingerprint density at radius 3 is 3.06 bits per heavy atom. The van der Waals surface area contributed by atoms with Gasteiger partial charge in [0.25, 0.3) is 0 Å². The second-order valence-corrected chi connectivity index (χ2v) is 3.66. The number of ether oxygens (including phenoxy) is 1. The van der Waals surface area contributed by atoms with Crippen LogP contribution in [0.2, 0.25) is 0 Å². The van der Waals surface area contributed by atoms with E-state index in [1.54, 1.807) is 24.3 Å². The first-order valence-electron chi connectivity index (χ1n) is 5.21. The van der Waals surface area contributed by atoms with Gasteiger partial charge in [-0.3, -0.25) is 9.59 Å². The molecule has 17 heavy (non-hydrogen) atoms. The maximum atomic E-state index is 11.6. The number of rotatable bonds is 3. The molecule has 0 saturated carbocycles. The Morgan fingerprint density at radius 2 is 2.29 bits per heavy atom. The van der Waals surface area contributed by atoms with Crippen LogP contribution in [0.4, 0.5) is 0 Å². The molecule has 1 aliphatic carbocycles. The molecule has 0 bridgehead atoms. The molecule has 0 aromatic carbocycles. The van der Waals surface area contributed by atoms with Crippen molar-refractivity contribution >= 4 is 18.2 Å². The van der Waals surface area contributed by atoms with E-state index in [9.17, 15) is 14.4 Å². The SMILES string of the molecule is O=CCNC(=O)C1C=C2C=CC=CC2OC1=O. The van der Waals surface area contributed by atoms with Crippen LogP contribution in [0.15, 0.2) is 36.0 Å². The van der Waals surface area contributed by atoms with Gasteiger partial charge < -0.3 is 14.8 Å². The topological polar surface area (TPSA) is 72.5 Å². The molecule has 2 unspecified atom stereocenters. The van der Waals surface area contributed by atoms with Crippen molar-refractivity contribution in [2.45, 2.75) is 6.10 Å². The van der Waals surface area contributed by atoms with Gasteiger partial charge in [-0.1, -0.05) is 24.3 Å². The van der Waals surface area contributed by atoms with E-state index in [1.807, 2.05) is 6.08 Å². The van der Waals surface area contributed by atoms with Crippen LogP contribution in [0.25, 0.3) is 0 Å². The van der Waals surface area contributed by atoms with Gasteiger partial charge in [-0.15, -0.1) is 0 Å². The molecule has 88 valence electrons. The highest BCUT2D eigenvalue weighted by molar-refractivity contribution is 6.01. The van der Waals surface area contributed by atoms with E-state index in [2.05, 4.69) is 5.32 Å². The predicted octanol–water partition coefficient (Wildman–Crippen LogP) is -0.105. The second-order valence-electron chi connectivity index (χ2n) is 3.66. The summed E-state index contributed by atoms with van der Waals surface area (Å²) in [6, 6.07) is 0. The number of aldehydes is 1. The summed E-state index contributed by atoms with van der Waals surface area (Å²) in [6.45, 7) is -0.106. The highest BCUT2D eigenvalue weighted by Gasteiger charge is 2.33. The standard InChI is InChI=1S/C12H11NO4/c14-6-5-13-11(15)9-7-8-3-1-2-4-10(8)17-12(9)16/h1-4,6-7,9-10H,5H2,(H,13,15). The van der Waals surface area contributed by atoms with Gasteiger partial charge in [-0.05, 0) is 11.6 Å². The van der Waals surface area contributed by atoms with E-state index in [0.717, 1.165) is 5.57 Å². The Balaban J connectivity index is 2.15. The predicted molar refractivity (Wildman–Crippen MR) is 58.8 cm³/mol. The van der Waals surface area contributed by atoms with E-state index in [1.165, 1.54) is 0 Å². The third-order valence-corrected chi connectivity index (χ3v) is 2.51. The molecule has 0 spiro atoms. The van der Waals surface area contributed by atoms with Gasteiger partial charge in [0.1, 0.15) is 12.4 Å². The molecule has 2 atom stereocenters. The van der Waals surface area contributed by atoms with Gasteiger partial charge >= 0.3 is 5.97 Å². The van der Waals surface area contributed by atoms with Crippen LogP contribution in [-0.4, -0.2) is 30.8 Å². The third kappa shape index (κ3) is 2.33. The Kier molecular flexibility index (Phi) is 3.18. The Hall–Kier alpha value is -2.17. The van der Waals surface area contributed by atoms with Gasteiger partial charge in [0.05, 0.1) is 6.54 Å². The van der Waals surface area contributed by atoms with Crippen LogP contribution >= 0.6 is 0 Å². The lowest BCUT2D eigenvalue weighted by atomic mass is 9.95. The summed E-state index contributed by atoms with van der Waals surface area (Å²) < 4.78 is 5.11. The number of carbonyl (C=O) groups is 3. The smallest absolute Gasteiger partial charge is 0.323 e. The van der Waals surface area contributed by atoms with E-state index >= 15 is 0 Å². The van der Waals surface area contributed by atoms with Gasteiger partial charge in [-0.2, -0.15) is 0 Å². The molecule has 1 aliphatic heterocycles. The minimum atomic E-state index is -0.975. The number of esters is 1. The van der Waals surface area contributed by atoms with Crippen molar-refractivity contribution in [2.24, 2.45) is 5.92 Å². The summed E-state index contributed by atoms with van der Waals surface area (Å²) in [7, 11) is 0. The minimum Gasteiger partial charge on any atom is -0.452 e.